The SMILES string of the molecule is CC(Nc1nc(Nc2cnccn2)cc([C@H]2NCC2C(=O)N(C)C)n1)c1ccc(F)cc1. The molecule has 1 aromatic carbocycles. The molecular formula is C22H25FN8O. The summed E-state index contributed by atoms with van der Waals surface area (Å²) in [4.78, 5) is 31.6. The molecule has 3 N–H and O–H groups in total. The second-order valence-electron chi connectivity index (χ2n) is 7.86. The van der Waals surface area contributed by atoms with Crippen LogP contribution in [-0.4, -0.2) is 51.4 Å². The number of carbonyl (C=O) groups excluding carboxylic acids is 1. The zero-order valence-corrected chi connectivity index (χ0v) is 18.1. The van der Waals surface area contributed by atoms with E-state index < -0.39 is 0 Å². The number of rotatable bonds is 7. The Morgan fingerprint density at radius 3 is 2.59 bits per heavy atom. The van der Waals surface area contributed by atoms with Crippen molar-refractivity contribution in [2.24, 2.45) is 5.92 Å². The first-order valence-corrected chi connectivity index (χ1v) is 10.3. The van der Waals surface area contributed by atoms with Gasteiger partial charge in [0, 0.05) is 39.1 Å². The molecule has 9 nitrogen and oxygen atoms in total. The molecule has 0 radical (unpaired) electrons. The largest absolute Gasteiger partial charge is 0.348 e. The fourth-order valence-electron chi connectivity index (χ4n) is 3.50. The highest BCUT2D eigenvalue weighted by atomic mass is 19.1. The van der Waals surface area contributed by atoms with E-state index in [1.165, 1.54) is 12.1 Å². The molecule has 2 aromatic heterocycles. The molecule has 1 aliphatic rings. The third-order valence-electron chi connectivity index (χ3n) is 5.32. The summed E-state index contributed by atoms with van der Waals surface area (Å²) in [6.45, 7) is 2.53. The molecule has 1 amide bonds. The smallest absolute Gasteiger partial charge is 0.228 e. The average molecular weight is 436 g/mol. The van der Waals surface area contributed by atoms with Crippen LogP contribution in [0.3, 0.4) is 0 Å². The van der Waals surface area contributed by atoms with Gasteiger partial charge in [0.1, 0.15) is 17.5 Å². The number of hydrogen-bond donors (Lipinski definition) is 3. The van der Waals surface area contributed by atoms with Crippen LogP contribution in [0, 0.1) is 11.7 Å². The maximum Gasteiger partial charge on any atom is 0.228 e. The van der Waals surface area contributed by atoms with Gasteiger partial charge in [0.2, 0.25) is 11.9 Å². The van der Waals surface area contributed by atoms with E-state index in [-0.39, 0.29) is 29.7 Å². The van der Waals surface area contributed by atoms with E-state index in [9.17, 15) is 9.18 Å². The molecule has 1 aliphatic heterocycles. The normalized spacial score (nSPS) is 18.4. The fraction of sp³-hybridized carbons (Fsp3) is 0.318. The van der Waals surface area contributed by atoms with E-state index in [2.05, 4.69) is 35.9 Å². The van der Waals surface area contributed by atoms with Crippen molar-refractivity contribution in [2.75, 3.05) is 31.3 Å². The van der Waals surface area contributed by atoms with Crippen molar-refractivity contribution in [3.8, 4) is 0 Å². The lowest BCUT2D eigenvalue weighted by atomic mass is 9.87. The molecule has 2 unspecified atom stereocenters. The van der Waals surface area contributed by atoms with Crippen LogP contribution in [0.25, 0.3) is 0 Å². The molecule has 3 aromatic rings. The van der Waals surface area contributed by atoms with Gasteiger partial charge in [-0.3, -0.25) is 9.78 Å². The minimum atomic E-state index is -0.290. The second-order valence-corrected chi connectivity index (χ2v) is 7.86. The van der Waals surface area contributed by atoms with Crippen molar-refractivity contribution in [3.63, 3.8) is 0 Å². The fourth-order valence-corrected chi connectivity index (χ4v) is 3.50. The van der Waals surface area contributed by atoms with Crippen molar-refractivity contribution in [1.29, 1.82) is 0 Å². The van der Waals surface area contributed by atoms with Crippen LogP contribution in [0.2, 0.25) is 0 Å². The lowest BCUT2D eigenvalue weighted by Crippen LogP contribution is -2.53. The highest BCUT2D eigenvalue weighted by Gasteiger charge is 2.39. The number of carbonyl (C=O) groups is 1. The summed E-state index contributed by atoms with van der Waals surface area (Å²) in [6, 6.07) is 7.68. The third-order valence-corrected chi connectivity index (χ3v) is 5.32. The van der Waals surface area contributed by atoms with Crippen LogP contribution in [0.5, 0.6) is 0 Å². The monoisotopic (exact) mass is 436 g/mol. The van der Waals surface area contributed by atoms with Crippen LogP contribution < -0.4 is 16.0 Å². The van der Waals surface area contributed by atoms with E-state index in [1.807, 2.05) is 6.92 Å². The van der Waals surface area contributed by atoms with Crippen molar-refractivity contribution < 1.29 is 9.18 Å². The van der Waals surface area contributed by atoms with Gasteiger partial charge >= 0.3 is 0 Å². The summed E-state index contributed by atoms with van der Waals surface area (Å²) in [5.41, 5.74) is 1.58. The Balaban J connectivity index is 1.62. The molecule has 0 bridgehead atoms. The molecule has 166 valence electrons. The predicted octanol–water partition coefficient (Wildman–Crippen LogP) is 2.67. The highest BCUT2D eigenvalue weighted by molar-refractivity contribution is 5.80. The zero-order valence-electron chi connectivity index (χ0n) is 18.1. The van der Waals surface area contributed by atoms with Gasteiger partial charge in [-0.1, -0.05) is 12.1 Å². The van der Waals surface area contributed by atoms with E-state index in [4.69, 9.17) is 0 Å². The minimum absolute atomic E-state index is 0.0463. The van der Waals surface area contributed by atoms with Crippen LogP contribution in [0.4, 0.5) is 22.0 Å². The Hall–Kier alpha value is -3.66. The van der Waals surface area contributed by atoms with Gasteiger partial charge in [-0.05, 0) is 24.6 Å². The Morgan fingerprint density at radius 2 is 1.97 bits per heavy atom. The molecule has 1 saturated heterocycles. The van der Waals surface area contributed by atoms with Crippen LogP contribution in [-0.2, 0) is 4.79 Å². The van der Waals surface area contributed by atoms with E-state index >= 15 is 0 Å². The third kappa shape index (κ3) is 4.80. The van der Waals surface area contributed by atoms with Gasteiger partial charge in [-0.2, -0.15) is 4.98 Å². The summed E-state index contributed by atoms with van der Waals surface area (Å²) >= 11 is 0. The number of halogens is 1. The summed E-state index contributed by atoms with van der Waals surface area (Å²) in [5, 5.41) is 9.70. The Morgan fingerprint density at radius 1 is 1.19 bits per heavy atom. The summed E-state index contributed by atoms with van der Waals surface area (Å²) in [6.07, 6.45) is 4.76. The van der Waals surface area contributed by atoms with Crippen molar-refractivity contribution in [2.45, 2.75) is 19.0 Å². The first kappa shape index (κ1) is 21.6. The van der Waals surface area contributed by atoms with Crippen LogP contribution in [0.1, 0.15) is 30.3 Å². The number of anilines is 3. The minimum Gasteiger partial charge on any atom is -0.348 e. The lowest BCUT2D eigenvalue weighted by Gasteiger charge is -2.38. The standard InChI is InChI=1S/C22H25FN8O/c1-13(14-4-6-15(23)7-5-14)27-22-28-17(20-16(11-26-20)21(32)31(2)3)10-18(30-22)29-19-12-24-8-9-25-19/h4-10,12-13,16,20,26H,11H2,1-3H3,(H2,25,27,28,29,30)/t13?,16?,20-/m0/s1. The van der Waals surface area contributed by atoms with Gasteiger partial charge in [0.15, 0.2) is 0 Å². The topological polar surface area (TPSA) is 108 Å². The maximum absolute atomic E-state index is 13.3. The van der Waals surface area contributed by atoms with E-state index in [0.717, 1.165) is 5.56 Å². The molecule has 3 atom stereocenters. The highest BCUT2D eigenvalue weighted by Crippen LogP contribution is 2.32. The summed E-state index contributed by atoms with van der Waals surface area (Å²) in [5.74, 6) is 1.00. The summed E-state index contributed by atoms with van der Waals surface area (Å²) < 4.78 is 13.3. The van der Waals surface area contributed by atoms with Crippen LogP contribution >= 0.6 is 0 Å². The van der Waals surface area contributed by atoms with E-state index in [1.54, 1.807) is 55.8 Å². The molecule has 0 aliphatic carbocycles. The predicted molar refractivity (Wildman–Crippen MR) is 119 cm³/mol. The van der Waals surface area contributed by atoms with Crippen molar-refractivity contribution in [3.05, 3.63) is 66.0 Å². The molecule has 0 saturated carbocycles. The van der Waals surface area contributed by atoms with Crippen molar-refractivity contribution >= 4 is 23.5 Å². The second kappa shape index (κ2) is 9.23. The van der Waals surface area contributed by atoms with Crippen molar-refractivity contribution in [1.82, 2.24) is 30.2 Å². The van der Waals surface area contributed by atoms with Gasteiger partial charge < -0.3 is 20.9 Å². The molecule has 0 spiro atoms. The first-order valence-electron chi connectivity index (χ1n) is 10.3. The number of hydrogen-bond acceptors (Lipinski definition) is 8. The molecule has 10 heteroatoms. The first-order chi connectivity index (χ1) is 15.4. The van der Waals surface area contributed by atoms with Gasteiger partial charge in [-0.25, -0.2) is 14.4 Å². The molecule has 1 fully saturated rings. The summed E-state index contributed by atoms with van der Waals surface area (Å²) in [7, 11) is 3.49. The molecular weight excluding hydrogens is 411 g/mol. The molecule has 3 heterocycles. The Bertz CT molecular complexity index is 1080. The zero-order chi connectivity index (χ0) is 22.7. The van der Waals surface area contributed by atoms with Crippen LogP contribution in [0.15, 0.2) is 48.9 Å². The maximum atomic E-state index is 13.3. The quantitative estimate of drug-likeness (QED) is 0.519. The molecule has 4 rings (SSSR count). The number of aromatic nitrogens is 4. The average Bonchev–Trinajstić information content (AvgIpc) is 2.74. The Kier molecular flexibility index (Phi) is 6.22. The number of nitrogens with zero attached hydrogens (tertiary/aromatic N) is 5. The van der Waals surface area contributed by atoms with Gasteiger partial charge in [0.25, 0.3) is 0 Å². The number of benzene rings is 1. The van der Waals surface area contributed by atoms with E-state index in [0.29, 0.717) is 29.8 Å². The molecule has 32 heavy (non-hydrogen) atoms. The lowest BCUT2D eigenvalue weighted by molar-refractivity contribution is -0.136. The van der Waals surface area contributed by atoms with Gasteiger partial charge in [-0.15, -0.1) is 0 Å². The number of nitrogens with one attached hydrogen (secondary N) is 3. The Labute approximate surface area is 185 Å². The number of amides is 1. The van der Waals surface area contributed by atoms with Gasteiger partial charge in [0.05, 0.1) is 29.9 Å².